The van der Waals surface area contributed by atoms with E-state index in [2.05, 4.69) is 0 Å². The molecule has 7 nitrogen and oxygen atoms in total. The Labute approximate surface area is 116 Å². The van der Waals surface area contributed by atoms with Crippen LogP contribution in [0.3, 0.4) is 0 Å². The molecule has 110 valence electrons. The zero-order chi connectivity index (χ0) is 15.0. The van der Waals surface area contributed by atoms with Gasteiger partial charge < -0.3 is 14.2 Å². The number of carbonyl (C=O) groups excluding carboxylic acids is 1. The van der Waals surface area contributed by atoms with Crippen LogP contribution in [0.1, 0.15) is 17.3 Å². The summed E-state index contributed by atoms with van der Waals surface area (Å²) in [5.74, 6) is 0.0300. The summed E-state index contributed by atoms with van der Waals surface area (Å²) in [5.41, 5.74) is 0.0509. The van der Waals surface area contributed by atoms with E-state index in [-0.39, 0.29) is 23.6 Å². The van der Waals surface area contributed by atoms with Crippen molar-refractivity contribution in [2.45, 2.75) is 6.92 Å². The summed E-state index contributed by atoms with van der Waals surface area (Å²) in [5, 5.41) is 10.7. The first-order chi connectivity index (χ1) is 9.56. The fourth-order valence-corrected chi connectivity index (χ4v) is 1.49. The monoisotopic (exact) mass is 283 g/mol. The summed E-state index contributed by atoms with van der Waals surface area (Å²) in [7, 11) is 1.58. The van der Waals surface area contributed by atoms with Crippen molar-refractivity contribution in [1.29, 1.82) is 0 Å². The van der Waals surface area contributed by atoms with Crippen LogP contribution in [0.25, 0.3) is 0 Å². The number of ether oxygens (including phenoxy) is 3. The zero-order valence-electron chi connectivity index (χ0n) is 11.5. The number of rotatable bonds is 9. The van der Waals surface area contributed by atoms with E-state index >= 15 is 0 Å². The van der Waals surface area contributed by atoms with E-state index in [1.165, 1.54) is 25.1 Å². The van der Waals surface area contributed by atoms with E-state index in [0.29, 0.717) is 25.6 Å². The van der Waals surface area contributed by atoms with E-state index in [1.54, 1.807) is 7.11 Å². The Kier molecular flexibility index (Phi) is 6.61. The lowest BCUT2D eigenvalue weighted by Gasteiger charge is -2.10. The molecule has 1 aromatic carbocycles. The zero-order valence-corrected chi connectivity index (χ0v) is 11.5. The molecule has 0 aromatic heterocycles. The number of hydrogen-bond donors (Lipinski definition) is 0. The molecule has 0 unspecified atom stereocenters. The van der Waals surface area contributed by atoms with Gasteiger partial charge in [0.1, 0.15) is 12.4 Å². The smallest absolute Gasteiger partial charge is 0.270 e. The fourth-order valence-electron chi connectivity index (χ4n) is 1.49. The molecular weight excluding hydrogens is 266 g/mol. The lowest BCUT2D eigenvalue weighted by atomic mass is 10.1. The van der Waals surface area contributed by atoms with Crippen LogP contribution < -0.4 is 4.74 Å². The highest BCUT2D eigenvalue weighted by Crippen LogP contribution is 2.24. The number of nitro benzene ring substituents is 1. The number of methoxy groups -OCH3 is 1. The second-order valence-electron chi connectivity index (χ2n) is 3.95. The molecule has 0 aliphatic carbocycles. The van der Waals surface area contributed by atoms with Crippen molar-refractivity contribution in [2.24, 2.45) is 0 Å². The first-order valence-corrected chi connectivity index (χ1v) is 6.05. The highest BCUT2D eigenvalue weighted by molar-refractivity contribution is 5.97. The maximum atomic E-state index is 11.5. The summed E-state index contributed by atoms with van der Waals surface area (Å²) in [4.78, 5) is 21.6. The number of Topliss-reactive ketones (excluding diaryl/α,β-unsaturated/α-hetero) is 1. The van der Waals surface area contributed by atoms with Crippen molar-refractivity contribution in [3.05, 3.63) is 33.9 Å². The van der Waals surface area contributed by atoms with Gasteiger partial charge in [0.15, 0.2) is 5.78 Å². The Balaban J connectivity index is 2.60. The molecule has 1 aromatic rings. The Morgan fingerprint density at radius 3 is 2.55 bits per heavy atom. The summed E-state index contributed by atoms with van der Waals surface area (Å²) in [6.07, 6.45) is 0. The maximum absolute atomic E-state index is 11.5. The summed E-state index contributed by atoms with van der Waals surface area (Å²) in [6.45, 7) is 2.89. The second kappa shape index (κ2) is 8.23. The minimum Gasteiger partial charge on any atom is -0.490 e. The predicted octanol–water partition coefficient (Wildman–Crippen LogP) is 1.84. The molecule has 0 saturated heterocycles. The van der Waals surface area contributed by atoms with E-state index in [0.717, 1.165) is 0 Å². The van der Waals surface area contributed by atoms with E-state index in [9.17, 15) is 14.9 Å². The normalized spacial score (nSPS) is 10.3. The summed E-state index contributed by atoms with van der Waals surface area (Å²) >= 11 is 0. The van der Waals surface area contributed by atoms with Crippen LogP contribution >= 0.6 is 0 Å². The number of non-ortho nitro benzene ring substituents is 1. The molecular formula is C13H17NO6. The first-order valence-electron chi connectivity index (χ1n) is 6.05. The summed E-state index contributed by atoms with van der Waals surface area (Å²) in [6, 6.07) is 3.93. The van der Waals surface area contributed by atoms with Crippen LogP contribution in [0.2, 0.25) is 0 Å². The van der Waals surface area contributed by atoms with Crippen LogP contribution in [0.15, 0.2) is 18.2 Å². The minimum absolute atomic E-state index is 0.140. The third-order valence-electron chi connectivity index (χ3n) is 2.47. The predicted molar refractivity (Wildman–Crippen MR) is 71.3 cm³/mol. The largest absolute Gasteiger partial charge is 0.490 e. The SMILES string of the molecule is COCCOCCOc1ccc([N+](=O)[O-])cc1C(C)=O. The van der Waals surface area contributed by atoms with Gasteiger partial charge in [-0.15, -0.1) is 0 Å². The summed E-state index contributed by atoms with van der Waals surface area (Å²) < 4.78 is 15.4. The molecule has 0 radical (unpaired) electrons. The Morgan fingerprint density at radius 2 is 1.95 bits per heavy atom. The number of benzene rings is 1. The number of ketones is 1. The molecule has 0 fully saturated rings. The quantitative estimate of drug-likeness (QED) is 0.297. The van der Waals surface area contributed by atoms with Crippen LogP contribution in [0.5, 0.6) is 5.75 Å². The van der Waals surface area contributed by atoms with Gasteiger partial charge in [-0.2, -0.15) is 0 Å². The third-order valence-corrected chi connectivity index (χ3v) is 2.47. The maximum Gasteiger partial charge on any atom is 0.270 e. The molecule has 0 aliphatic rings. The van der Waals surface area contributed by atoms with Gasteiger partial charge >= 0.3 is 0 Å². The van der Waals surface area contributed by atoms with Gasteiger partial charge in [0.2, 0.25) is 0 Å². The molecule has 0 bridgehead atoms. The van der Waals surface area contributed by atoms with Gasteiger partial charge in [-0.25, -0.2) is 0 Å². The molecule has 7 heteroatoms. The van der Waals surface area contributed by atoms with Gasteiger partial charge in [0.25, 0.3) is 5.69 Å². The van der Waals surface area contributed by atoms with E-state index < -0.39 is 4.92 Å². The lowest BCUT2D eigenvalue weighted by molar-refractivity contribution is -0.384. The van der Waals surface area contributed by atoms with Gasteiger partial charge in [0, 0.05) is 19.2 Å². The molecule has 0 amide bonds. The molecule has 0 aliphatic heterocycles. The van der Waals surface area contributed by atoms with Crippen molar-refractivity contribution < 1.29 is 23.9 Å². The molecule has 0 spiro atoms. The van der Waals surface area contributed by atoms with Gasteiger partial charge in [-0.1, -0.05) is 0 Å². The van der Waals surface area contributed by atoms with Gasteiger partial charge in [-0.05, 0) is 13.0 Å². The fraction of sp³-hybridized carbons (Fsp3) is 0.462. The molecule has 20 heavy (non-hydrogen) atoms. The first kappa shape index (κ1) is 16.1. The van der Waals surface area contributed by atoms with Crippen LogP contribution in [-0.2, 0) is 9.47 Å². The Morgan fingerprint density at radius 1 is 1.25 bits per heavy atom. The average molecular weight is 283 g/mol. The minimum atomic E-state index is -0.552. The topological polar surface area (TPSA) is 87.9 Å². The average Bonchev–Trinajstić information content (AvgIpc) is 2.42. The standard InChI is InChI=1S/C13H17NO6/c1-10(15)12-9-11(14(16)17)3-4-13(12)20-8-7-19-6-5-18-2/h3-4,9H,5-8H2,1-2H3. The van der Waals surface area contributed by atoms with Crippen molar-refractivity contribution in [3.8, 4) is 5.75 Å². The van der Waals surface area contributed by atoms with Crippen LogP contribution in [0.4, 0.5) is 5.69 Å². The highest BCUT2D eigenvalue weighted by Gasteiger charge is 2.14. The van der Waals surface area contributed by atoms with Crippen molar-refractivity contribution in [1.82, 2.24) is 0 Å². The number of nitro groups is 1. The molecule has 0 saturated carbocycles. The molecule has 0 atom stereocenters. The number of carbonyl (C=O) groups is 1. The number of hydrogen-bond acceptors (Lipinski definition) is 6. The van der Waals surface area contributed by atoms with Crippen molar-refractivity contribution in [2.75, 3.05) is 33.5 Å². The lowest BCUT2D eigenvalue weighted by Crippen LogP contribution is -2.11. The van der Waals surface area contributed by atoms with Crippen LogP contribution in [0, 0.1) is 10.1 Å². The van der Waals surface area contributed by atoms with Crippen LogP contribution in [-0.4, -0.2) is 44.2 Å². The van der Waals surface area contributed by atoms with E-state index in [4.69, 9.17) is 14.2 Å². The second-order valence-corrected chi connectivity index (χ2v) is 3.95. The number of nitrogens with zero attached hydrogens (tertiary/aromatic N) is 1. The van der Waals surface area contributed by atoms with Gasteiger partial charge in [-0.3, -0.25) is 14.9 Å². The van der Waals surface area contributed by atoms with Gasteiger partial charge in [0.05, 0.1) is 30.3 Å². The van der Waals surface area contributed by atoms with Crippen molar-refractivity contribution in [3.63, 3.8) is 0 Å². The highest BCUT2D eigenvalue weighted by atomic mass is 16.6. The molecule has 0 N–H and O–H groups in total. The van der Waals surface area contributed by atoms with E-state index in [1.807, 2.05) is 0 Å². The Hall–Kier alpha value is -1.99. The molecule has 1 rings (SSSR count). The van der Waals surface area contributed by atoms with Crippen molar-refractivity contribution >= 4 is 11.5 Å². The molecule has 0 heterocycles. The third kappa shape index (κ3) is 4.94. The Bertz CT molecular complexity index is 474.